The summed E-state index contributed by atoms with van der Waals surface area (Å²) >= 11 is 19.4. The number of rotatable bonds is 2. The number of hydrogen-bond donors (Lipinski definition) is 0. The van der Waals surface area contributed by atoms with Gasteiger partial charge in [0.25, 0.3) is 0 Å². The van der Waals surface area contributed by atoms with E-state index in [-0.39, 0.29) is 22.2 Å². The van der Waals surface area contributed by atoms with Crippen molar-refractivity contribution in [2.75, 3.05) is 10.7 Å². The lowest BCUT2D eigenvalue weighted by atomic mass is 10.1. The second-order valence-corrected chi connectivity index (χ2v) is 7.04. The molecule has 0 radical (unpaired) electrons. The van der Waals surface area contributed by atoms with Crippen LogP contribution in [-0.4, -0.2) is 11.7 Å². The van der Waals surface area contributed by atoms with Crippen molar-refractivity contribution in [1.82, 2.24) is 0 Å². The summed E-state index contributed by atoms with van der Waals surface area (Å²) in [7, 11) is 0. The van der Waals surface area contributed by atoms with Gasteiger partial charge in [0.1, 0.15) is 11.2 Å². The Bertz CT molecular complexity index is 715. The standard InChI is InChI=1S/C15H9Cl3FNOS/c16-8-4-9(17)6-10(5-8)20-13(21)7-22-15(20)14-11(18)2-1-3-12(14)19/h1-6,15H,7H2. The van der Waals surface area contributed by atoms with Crippen molar-refractivity contribution in [3.8, 4) is 0 Å². The Morgan fingerprint density at radius 3 is 2.45 bits per heavy atom. The number of anilines is 1. The lowest BCUT2D eigenvalue weighted by Gasteiger charge is -2.25. The van der Waals surface area contributed by atoms with Crippen molar-refractivity contribution in [3.63, 3.8) is 0 Å². The van der Waals surface area contributed by atoms with Gasteiger partial charge >= 0.3 is 0 Å². The van der Waals surface area contributed by atoms with E-state index in [0.717, 1.165) is 0 Å². The average Bonchev–Trinajstić information content (AvgIpc) is 2.79. The van der Waals surface area contributed by atoms with Crippen LogP contribution in [0.25, 0.3) is 0 Å². The van der Waals surface area contributed by atoms with Crippen molar-refractivity contribution in [2.45, 2.75) is 5.37 Å². The smallest absolute Gasteiger partial charge is 0.238 e. The number of carbonyl (C=O) groups excluding carboxylic acids is 1. The van der Waals surface area contributed by atoms with E-state index in [9.17, 15) is 9.18 Å². The number of halogens is 4. The van der Waals surface area contributed by atoms with Gasteiger partial charge in [-0.2, -0.15) is 0 Å². The Hall–Kier alpha value is -0.940. The fourth-order valence-corrected chi connectivity index (χ4v) is 4.42. The van der Waals surface area contributed by atoms with Gasteiger partial charge in [-0.25, -0.2) is 4.39 Å². The number of benzene rings is 2. The molecule has 1 unspecified atom stereocenters. The third-order valence-electron chi connectivity index (χ3n) is 3.24. The highest BCUT2D eigenvalue weighted by Gasteiger charge is 2.37. The topological polar surface area (TPSA) is 20.3 Å². The minimum Gasteiger partial charge on any atom is -0.295 e. The molecule has 1 fully saturated rings. The van der Waals surface area contributed by atoms with E-state index >= 15 is 0 Å². The molecule has 22 heavy (non-hydrogen) atoms. The molecule has 1 atom stereocenters. The van der Waals surface area contributed by atoms with Crippen LogP contribution in [0.3, 0.4) is 0 Å². The molecule has 0 bridgehead atoms. The van der Waals surface area contributed by atoms with E-state index in [1.807, 2.05) is 0 Å². The largest absolute Gasteiger partial charge is 0.295 e. The van der Waals surface area contributed by atoms with Crippen LogP contribution in [0.15, 0.2) is 36.4 Å². The molecule has 0 N–H and O–H groups in total. The zero-order valence-corrected chi connectivity index (χ0v) is 14.1. The summed E-state index contributed by atoms with van der Waals surface area (Å²) < 4.78 is 14.2. The van der Waals surface area contributed by atoms with Gasteiger partial charge in [-0.3, -0.25) is 9.69 Å². The minimum atomic E-state index is -0.546. The molecule has 0 aliphatic carbocycles. The van der Waals surface area contributed by atoms with Crippen LogP contribution in [0.4, 0.5) is 10.1 Å². The van der Waals surface area contributed by atoms with Gasteiger partial charge in [0.05, 0.1) is 5.75 Å². The van der Waals surface area contributed by atoms with Crippen molar-refractivity contribution in [2.24, 2.45) is 0 Å². The zero-order valence-electron chi connectivity index (χ0n) is 11.0. The molecular formula is C15H9Cl3FNOS. The molecule has 114 valence electrons. The monoisotopic (exact) mass is 375 g/mol. The lowest BCUT2D eigenvalue weighted by molar-refractivity contribution is -0.115. The second-order valence-electron chi connectivity index (χ2n) is 4.69. The first kappa shape index (κ1) is 15.9. The number of hydrogen-bond acceptors (Lipinski definition) is 2. The molecule has 3 rings (SSSR count). The highest BCUT2D eigenvalue weighted by Crippen LogP contribution is 2.45. The Kier molecular flexibility index (Phi) is 4.55. The summed E-state index contributed by atoms with van der Waals surface area (Å²) in [5.74, 6) is -0.357. The van der Waals surface area contributed by atoms with Crippen LogP contribution in [0, 0.1) is 5.82 Å². The van der Waals surface area contributed by atoms with E-state index in [0.29, 0.717) is 15.7 Å². The fraction of sp³-hybridized carbons (Fsp3) is 0.133. The predicted octanol–water partition coefficient (Wildman–Crippen LogP) is 5.56. The maximum absolute atomic E-state index is 14.2. The second kappa shape index (κ2) is 6.28. The zero-order chi connectivity index (χ0) is 15.9. The van der Waals surface area contributed by atoms with Gasteiger partial charge in [-0.15, -0.1) is 11.8 Å². The molecule has 2 aromatic rings. The molecule has 1 saturated heterocycles. The molecule has 1 amide bonds. The number of amides is 1. The SMILES string of the molecule is O=C1CSC(c2c(F)cccc2Cl)N1c1cc(Cl)cc(Cl)c1. The number of thioether (sulfide) groups is 1. The van der Waals surface area contributed by atoms with E-state index in [4.69, 9.17) is 34.8 Å². The summed E-state index contributed by atoms with van der Waals surface area (Å²) in [4.78, 5) is 13.7. The van der Waals surface area contributed by atoms with Gasteiger partial charge in [0.2, 0.25) is 5.91 Å². The highest BCUT2D eigenvalue weighted by molar-refractivity contribution is 8.00. The van der Waals surface area contributed by atoms with Gasteiger partial charge in [0.15, 0.2) is 0 Å². The van der Waals surface area contributed by atoms with Crippen LogP contribution in [-0.2, 0) is 4.79 Å². The lowest BCUT2D eigenvalue weighted by Crippen LogP contribution is -2.28. The first-order valence-electron chi connectivity index (χ1n) is 6.31. The molecule has 7 heteroatoms. The Morgan fingerprint density at radius 1 is 1.14 bits per heavy atom. The highest BCUT2D eigenvalue weighted by atomic mass is 35.5. The molecule has 2 nitrogen and oxygen atoms in total. The van der Waals surface area contributed by atoms with Crippen molar-refractivity contribution in [1.29, 1.82) is 0 Å². The van der Waals surface area contributed by atoms with E-state index < -0.39 is 11.2 Å². The number of carbonyl (C=O) groups is 1. The van der Waals surface area contributed by atoms with E-state index in [2.05, 4.69) is 0 Å². The third kappa shape index (κ3) is 2.93. The Morgan fingerprint density at radius 2 is 1.82 bits per heavy atom. The fourth-order valence-electron chi connectivity index (χ4n) is 2.34. The summed E-state index contributed by atoms with van der Waals surface area (Å²) in [6.07, 6.45) is 0. The molecule has 1 heterocycles. The normalized spacial score (nSPS) is 18.1. The van der Waals surface area contributed by atoms with Crippen LogP contribution >= 0.6 is 46.6 Å². The van der Waals surface area contributed by atoms with Crippen LogP contribution in [0.2, 0.25) is 15.1 Å². The van der Waals surface area contributed by atoms with Crippen molar-refractivity contribution < 1.29 is 9.18 Å². The molecule has 0 spiro atoms. The summed E-state index contributed by atoms with van der Waals surface area (Å²) in [5.41, 5.74) is 0.813. The first-order chi connectivity index (χ1) is 10.5. The Labute approximate surface area is 146 Å². The van der Waals surface area contributed by atoms with Crippen LogP contribution < -0.4 is 4.90 Å². The molecule has 0 saturated carbocycles. The predicted molar refractivity (Wildman–Crippen MR) is 90.6 cm³/mol. The maximum atomic E-state index is 14.2. The van der Waals surface area contributed by atoms with Crippen LogP contribution in [0.1, 0.15) is 10.9 Å². The van der Waals surface area contributed by atoms with Gasteiger partial charge in [-0.1, -0.05) is 40.9 Å². The third-order valence-corrected chi connectivity index (χ3v) is 5.18. The maximum Gasteiger partial charge on any atom is 0.238 e. The minimum absolute atomic E-state index is 0.146. The van der Waals surface area contributed by atoms with E-state index in [1.165, 1.54) is 28.8 Å². The van der Waals surface area contributed by atoms with Gasteiger partial charge in [0, 0.05) is 26.3 Å². The van der Waals surface area contributed by atoms with Gasteiger partial charge < -0.3 is 0 Å². The average molecular weight is 377 g/mol. The molecule has 1 aliphatic rings. The summed E-state index contributed by atoms with van der Waals surface area (Å²) in [5, 5.41) is 0.553. The molecule has 2 aromatic carbocycles. The molecular weight excluding hydrogens is 368 g/mol. The van der Waals surface area contributed by atoms with Crippen molar-refractivity contribution >= 4 is 58.2 Å². The van der Waals surface area contributed by atoms with Crippen molar-refractivity contribution in [3.05, 3.63) is 62.8 Å². The molecule has 0 aromatic heterocycles. The van der Waals surface area contributed by atoms with E-state index in [1.54, 1.807) is 24.3 Å². The summed E-state index contributed by atoms with van der Waals surface area (Å²) in [6.45, 7) is 0. The molecule has 1 aliphatic heterocycles. The van der Waals surface area contributed by atoms with Gasteiger partial charge in [-0.05, 0) is 30.3 Å². The quantitative estimate of drug-likeness (QED) is 0.683. The summed E-state index contributed by atoms with van der Waals surface area (Å²) in [6, 6.07) is 9.28. The Balaban J connectivity index is 2.10. The van der Waals surface area contributed by atoms with Crippen LogP contribution in [0.5, 0.6) is 0 Å². The first-order valence-corrected chi connectivity index (χ1v) is 8.49. The number of nitrogens with zero attached hydrogens (tertiary/aromatic N) is 1.